The van der Waals surface area contributed by atoms with Gasteiger partial charge < -0.3 is 10.8 Å². The Balaban J connectivity index is 1.94. The molecule has 2 nitrogen and oxygen atoms in total. The monoisotopic (exact) mass is 261 g/mol. The van der Waals surface area contributed by atoms with E-state index in [1.807, 2.05) is 6.07 Å². The largest absolute Gasteiger partial charge is 0.392 e. The predicted octanol–water partition coefficient (Wildman–Crippen LogP) is 3.28. The highest BCUT2D eigenvalue weighted by Gasteiger charge is 2.36. The maximum Gasteiger partial charge on any atom is 0.0611 e. The van der Waals surface area contributed by atoms with Crippen molar-refractivity contribution in [3.05, 3.63) is 35.9 Å². The van der Waals surface area contributed by atoms with Crippen molar-refractivity contribution in [3.8, 4) is 0 Å². The van der Waals surface area contributed by atoms with E-state index in [1.54, 1.807) is 0 Å². The van der Waals surface area contributed by atoms with Crippen LogP contribution in [0.25, 0.3) is 0 Å². The highest BCUT2D eigenvalue weighted by Crippen LogP contribution is 2.38. The normalized spacial score (nSPS) is 20.7. The number of hydrogen-bond donors (Lipinski definition) is 2. The van der Waals surface area contributed by atoms with Crippen molar-refractivity contribution in [2.75, 3.05) is 6.54 Å². The zero-order valence-electron chi connectivity index (χ0n) is 11.9. The first kappa shape index (κ1) is 14.5. The van der Waals surface area contributed by atoms with Crippen molar-refractivity contribution in [3.63, 3.8) is 0 Å². The van der Waals surface area contributed by atoms with Crippen LogP contribution in [-0.2, 0) is 6.42 Å². The molecule has 1 aliphatic carbocycles. The molecule has 3 N–H and O–H groups in total. The molecule has 1 atom stereocenters. The molecule has 0 amide bonds. The van der Waals surface area contributed by atoms with Crippen LogP contribution in [0.3, 0.4) is 0 Å². The fraction of sp³-hybridized carbons (Fsp3) is 0.647. The highest BCUT2D eigenvalue weighted by molar-refractivity contribution is 5.14. The zero-order valence-corrected chi connectivity index (χ0v) is 11.9. The molecule has 0 aliphatic heterocycles. The van der Waals surface area contributed by atoms with Gasteiger partial charge in [0.05, 0.1) is 6.10 Å². The molecular weight excluding hydrogens is 234 g/mol. The van der Waals surface area contributed by atoms with Crippen molar-refractivity contribution in [2.24, 2.45) is 11.1 Å². The number of aliphatic hydroxyl groups is 1. The van der Waals surface area contributed by atoms with Crippen molar-refractivity contribution in [2.45, 2.75) is 57.5 Å². The van der Waals surface area contributed by atoms with Gasteiger partial charge in [-0.05, 0) is 31.2 Å². The summed E-state index contributed by atoms with van der Waals surface area (Å²) in [4.78, 5) is 0. The average molecular weight is 261 g/mol. The molecule has 1 aliphatic rings. The van der Waals surface area contributed by atoms with Gasteiger partial charge in [0.2, 0.25) is 0 Å². The van der Waals surface area contributed by atoms with Crippen LogP contribution >= 0.6 is 0 Å². The van der Waals surface area contributed by atoms with Gasteiger partial charge >= 0.3 is 0 Å². The predicted molar refractivity (Wildman–Crippen MR) is 80.0 cm³/mol. The lowest BCUT2D eigenvalue weighted by molar-refractivity contribution is 0.0125. The van der Waals surface area contributed by atoms with E-state index in [2.05, 4.69) is 24.3 Å². The second kappa shape index (κ2) is 7.06. The van der Waals surface area contributed by atoms with Crippen LogP contribution in [-0.4, -0.2) is 17.8 Å². The second-order valence-electron chi connectivity index (χ2n) is 6.02. The van der Waals surface area contributed by atoms with Gasteiger partial charge in [-0.15, -0.1) is 0 Å². The summed E-state index contributed by atoms with van der Waals surface area (Å²) in [5.41, 5.74) is 7.30. The summed E-state index contributed by atoms with van der Waals surface area (Å²) in [6.07, 6.45) is 8.76. The van der Waals surface area contributed by atoms with Gasteiger partial charge in [-0.1, -0.05) is 56.0 Å². The van der Waals surface area contributed by atoms with E-state index >= 15 is 0 Å². The second-order valence-corrected chi connectivity index (χ2v) is 6.02. The van der Waals surface area contributed by atoms with E-state index in [-0.39, 0.29) is 11.5 Å². The third kappa shape index (κ3) is 3.80. The van der Waals surface area contributed by atoms with E-state index < -0.39 is 0 Å². The standard InChI is InChI=1S/C17H27NO/c18-14-17(12-6-1-2-7-13-17)16(19)11-10-15-8-4-3-5-9-15/h3-5,8-9,16,19H,1-2,6-7,10-14,18H2. The summed E-state index contributed by atoms with van der Waals surface area (Å²) < 4.78 is 0. The van der Waals surface area contributed by atoms with Gasteiger partial charge in [0.1, 0.15) is 0 Å². The Kier molecular flexibility index (Phi) is 5.41. The fourth-order valence-electron chi connectivity index (χ4n) is 3.36. The van der Waals surface area contributed by atoms with E-state index in [0.29, 0.717) is 6.54 Å². The molecule has 1 saturated carbocycles. The molecule has 0 radical (unpaired) electrons. The third-order valence-electron chi connectivity index (χ3n) is 4.76. The summed E-state index contributed by atoms with van der Waals surface area (Å²) >= 11 is 0. The van der Waals surface area contributed by atoms with E-state index in [4.69, 9.17) is 5.73 Å². The lowest BCUT2D eigenvalue weighted by Gasteiger charge is -2.36. The Bertz CT molecular complexity index is 355. The van der Waals surface area contributed by atoms with Crippen LogP contribution in [0.2, 0.25) is 0 Å². The minimum atomic E-state index is -0.254. The van der Waals surface area contributed by atoms with Crippen molar-refractivity contribution in [1.82, 2.24) is 0 Å². The van der Waals surface area contributed by atoms with Gasteiger partial charge in [-0.3, -0.25) is 0 Å². The quantitative estimate of drug-likeness (QED) is 0.799. The van der Waals surface area contributed by atoms with E-state index in [0.717, 1.165) is 25.7 Å². The molecule has 0 aromatic heterocycles. The summed E-state index contributed by atoms with van der Waals surface area (Å²) in [5.74, 6) is 0. The molecule has 0 heterocycles. The smallest absolute Gasteiger partial charge is 0.0611 e. The van der Waals surface area contributed by atoms with Crippen molar-refractivity contribution < 1.29 is 5.11 Å². The Morgan fingerprint density at radius 3 is 2.26 bits per heavy atom. The summed E-state index contributed by atoms with van der Waals surface area (Å²) in [6.45, 7) is 0.628. The Morgan fingerprint density at radius 2 is 1.68 bits per heavy atom. The van der Waals surface area contributed by atoms with Crippen LogP contribution in [0, 0.1) is 5.41 Å². The number of aryl methyl sites for hydroxylation is 1. The van der Waals surface area contributed by atoms with Crippen molar-refractivity contribution >= 4 is 0 Å². The Hall–Kier alpha value is -0.860. The number of benzene rings is 1. The first-order chi connectivity index (χ1) is 9.27. The molecule has 0 bridgehead atoms. The first-order valence-electron chi connectivity index (χ1n) is 7.69. The SMILES string of the molecule is NCC1(C(O)CCc2ccccc2)CCCCCC1. The molecule has 1 unspecified atom stereocenters. The molecule has 2 heteroatoms. The molecule has 106 valence electrons. The van der Waals surface area contributed by atoms with Gasteiger partial charge in [0.15, 0.2) is 0 Å². The minimum absolute atomic E-state index is 0.0225. The molecular formula is C17H27NO. The third-order valence-corrected chi connectivity index (χ3v) is 4.76. The summed E-state index contributed by atoms with van der Waals surface area (Å²) in [6, 6.07) is 10.4. The first-order valence-corrected chi connectivity index (χ1v) is 7.69. The minimum Gasteiger partial charge on any atom is -0.392 e. The number of rotatable bonds is 5. The fourth-order valence-corrected chi connectivity index (χ4v) is 3.36. The molecule has 1 aromatic rings. The lowest BCUT2D eigenvalue weighted by Crippen LogP contribution is -2.41. The molecule has 19 heavy (non-hydrogen) atoms. The molecule has 2 rings (SSSR count). The molecule has 0 saturated heterocycles. The number of nitrogens with two attached hydrogens (primary N) is 1. The molecule has 1 aromatic carbocycles. The topological polar surface area (TPSA) is 46.2 Å². The van der Waals surface area contributed by atoms with E-state index in [9.17, 15) is 5.11 Å². The maximum atomic E-state index is 10.6. The van der Waals surface area contributed by atoms with Gasteiger partial charge in [-0.2, -0.15) is 0 Å². The van der Waals surface area contributed by atoms with Crippen LogP contribution in [0.15, 0.2) is 30.3 Å². The van der Waals surface area contributed by atoms with Gasteiger partial charge in [-0.25, -0.2) is 0 Å². The highest BCUT2D eigenvalue weighted by atomic mass is 16.3. The Labute approximate surface area is 117 Å². The van der Waals surface area contributed by atoms with Crippen LogP contribution in [0.1, 0.15) is 50.5 Å². The van der Waals surface area contributed by atoms with Gasteiger partial charge in [0.25, 0.3) is 0 Å². The number of aliphatic hydroxyl groups excluding tert-OH is 1. The zero-order chi connectivity index (χ0) is 13.6. The number of hydrogen-bond acceptors (Lipinski definition) is 2. The lowest BCUT2D eigenvalue weighted by atomic mass is 9.73. The van der Waals surface area contributed by atoms with Gasteiger partial charge in [0, 0.05) is 12.0 Å². The van der Waals surface area contributed by atoms with Crippen molar-refractivity contribution in [1.29, 1.82) is 0 Å². The van der Waals surface area contributed by atoms with Crippen LogP contribution in [0.4, 0.5) is 0 Å². The maximum absolute atomic E-state index is 10.6. The summed E-state index contributed by atoms with van der Waals surface area (Å²) in [5, 5.41) is 10.6. The summed E-state index contributed by atoms with van der Waals surface area (Å²) in [7, 11) is 0. The molecule has 0 spiro atoms. The van der Waals surface area contributed by atoms with Crippen LogP contribution in [0.5, 0.6) is 0 Å². The Morgan fingerprint density at radius 1 is 1.05 bits per heavy atom. The van der Waals surface area contributed by atoms with Crippen LogP contribution < -0.4 is 5.73 Å². The molecule has 1 fully saturated rings. The average Bonchev–Trinajstić information content (AvgIpc) is 2.72. The van der Waals surface area contributed by atoms with E-state index in [1.165, 1.54) is 31.2 Å².